The highest BCUT2D eigenvalue weighted by atomic mass is 19.1. The SMILES string of the molecule is CCCCOc1cnc(C(NC(=O)N2CCN(CC)C(=O)C2=O)C(=O)N[C@H]2Cc3cccc(C(=O)OCOC(=O)C(C)(C)C)c3OB2O)c(F)c1. The number of aromatic nitrogens is 1. The molecule has 2 aromatic rings. The zero-order valence-corrected chi connectivity index (χ0v) is 29.0. The summed E-state index contributed by atoms with van der Waals surface area (Å²) in [4.78, 5) is 82.9. The number of halogens is 1. The van der Waals surface area contributed by atoms with Crippen LogP contribution >= 0.6 is 0 Å². The van der Waals surface area contributed by atoms with E-state index in [1.54, 1.807) is 33.8 Å². The number of hydrogen-bond donors (Lipinski definition) is 3. The molecule has 1 aromatic carbocycles. The van der Waals surface area contributed by atoms with E-state index in [4.69, 9.17) is 18.9 Å². The molecule has 0 aliphatic carbocycles. The molecule has 0 spiro atoms. The minimum atomic E-state index is -1.85. The molecule has 1 saturated heterocycles. The third-order valence-corrected chi connectivity index (χ3v) is 8.01. The Morgan fingerprint density at radius 3 is 2.55 bits per heavy atom. The van der Waals surface area contributed by atoms with Crippen LogP contribution in [0.2, 0.25) is 0 Å². The van der Waals surface area contributed by atoms with Crippen molar-refractivity contribution in [2.45, 2.75) is 65.9 Å². The summed E-state index contributed by atoms with van der Waals surface area (Å²) < 4.78 is 36.7. The zero-order valence-electron chi connectivity index (χ0n) is 29.0. The van der Waals surface area contributed by atoms with Gasteiger partial charge >= 0.3 is 36.9 Å². The van der Waals surface area contributed by atoms with Gasteiger partial charge in [0.1, 0.15) is 22.8 Å². The highest BCUT2D eigenvalue weighted by molar-refractivity contribution is 6.47. The number of likely N-dealkylation sites (N-methyl/N-ethyl adjacent to an activating group) is 1. The van der Waals surface area contributed by atoms with Crippen molar-refractivity contribution in [2.75, 3.05) is 33.0 Å². The molecule has 4 rings (SSSR count). The fourth-order valence-electron chi connectivity index (χ4n) is 5.09. The minimum absolute atomic E-state index is 0.0340. The van der Waals surface area contributed by atoms with Crippen molar-refractivity contribution in [3.63, 3.8) is 0 Å². The first kappa shape index (κ1) is 38.5. The average Bonchev–Trinajstić information content (AvgIpc) is 3.08. The smallest absolute Gasteiger partial charge is 0.534 e. The maximum absolute atomic E-state index is 15.5. The van der Waals surface area contributed by atoms with Gasteiger partial charge in [-0.1, -0.05) is 25.5 Å². The second-order valence-electron chi connectivity index (χ2n) is 12.8. The fourth-order valence-corrected chi connectivity index (χ4v) is 5.09. The van der Waals surface area contributed by atoms with E-state index >= 15 is 4.39 Å². The Balaban J connectivity index is 1.53. The second kappa shape index (κ2) is 16.6. The number of unbranched alkanes of at least 4 members (excludes halogenated alkanes) is 1. The van der Waals surface area contributed by atoms with Crippen LogP contribution in [0.15, 0.2) is 30.5 Å². The molecule has 5 amide bonds. The van der Waals surface area contributed by atoms with Gasteiger partial charge in [-0.15, -0.1) is 0 Å². The van der Waals surface area contributed by atoms with Crippen molar-refractivity contribution in [2.24, 2.45) is 5.41 Å². The molecule has 2 aliphatic heterocycles. The van der Waals surface area contributed by atoms with Crippen LogP contribution in [0.5, 0.6) is 11.5 Å². The maximum Gasteiger partial charge on any atom is 0.547 e. The highest BCUT2D eigenvalue weighted by Crippen LogP contribution is 2.31. The zero-order chi connectivity index (χ0) is 37.5. The Labute approximate surface area is 294 Å². The summed E-state index contributed by atoms with van der Waals surface area (Å²) in [5.74, 6) is -6.69. The number of nitrogens with zero attached hydrogens (tertiary/aromatic N) is 3. The van der Waals surface area contributed by atoms with Crippen molar-refractivity contribution in [1.82, 2.24) is 25.4 Å². The first-order chi connectivity index (χ1) is 24.2. The van der Waals surface area contributed by atoms with Crippen LogP contribution in [0.25, 0.3) is 0 Å². The molecular formula is C33H41BFN5O11. The average molecular weight is 714 g/mol. The summed E-state index contributed by atoms with van der Waals surface area (Å²) in [5.41, 5.74) is -1.05. The summed E-state index contributed by atoms with van der Waals surface area (Å²) in [6.07, 6.45) is 2.62. The van der Waals surface area contributed by atoms with Crippen LogP contribution in [-0.4, -0.2) is 102 Å². The highest BCUT2D eigenvalue weighted by Gasteiger charge is 2.42. The minimum Gasteiger partial charge on any atom is -0.534 e. The largest absolute Gasteiger partial charge is 0.547 e. The molecule has 18 heteroatoms. The number of pyridine rings is 1. The van der Waals surface area contributed by atoms with Gasteiger partial charge in [-0.25, -0.2) is 14.0 Å². The molecule has 16 nitrogen and oxygen atoms in total. The lowest BCUT2D eigenvalue weighted by Gasteiger charge is -2.33. The van der Waals surface area contributed by atoms with Crippen LogP contribution < -0.4 is 20.0 Å². The van der Waals surface area contributed by atoms with Crippen molar-refractivity contribution >= 4 is 42.8 Å². The van der Waals surface area contributed by atoms with Gasteiger partial charge < -0.3 is 39.4 Å². The molecule has 1 unspecified atom stereocenters. The van der Waals surface area contributed by atoms with Crippen LogP contribution in [0, 0.1) is 11.2 Å². The maximum atomic E-state index is 15.5. The number of hydrogen-bond acceptors (Lipinski definition) is 12. The first-order valence-electron chi connectivity index (χ1n) is 16.5. The third kappa shape index (κ3) is 9.30. The molecule has 274 valence electrons. The summed E-state index contributed by atoms with van der Waals surface area (Å²) in [5, 5.41) is 15.7. The first-order valence-corrected chi connectivity index (χ1v) is 16.5. The molecule has 3 N–H and O–H groups in total. The lowest BCUT2D eigenvalue weighted by Crippen LogP contribution is -2.60. The van der Waals surface area contributed by atoms with E-state index in [0.29, 0.717) is 23.5 Å². The standard InChI is InChI=1S/C33H41BFN5O11/c1-6-8-14-48-20-16-22(35)24(36-17-20)25(38-32(46)40-13-12-39(7-2)28(42)29(40)43)27(41)37-23-15-19-10-9-11-21(26(19)51-34(23)47)30(44)49-18-50-31(45)33(3,4)5/h9-11,16-17,23,25,47H,6-8,12-15,18H2,1-5H3,(H,37,41)(H,38,46)/t23-,25?/m0/s1. The number of piperazine rings is 1. The Kier molecular flexibility index (Phi) is 12.6. The molecule has 1 aromatic heterocycles. The van der Waals surface area contributed by atoms with E-state index in [-0.39, 0.29) is 43.1 Å². The van der Waals surface area contributed by atoms with Crippen LogP contribution in [0.1, 0.15) is 75.1 Å². The number of urea groups is 1. The number of fused-ring (bicyclic) bond motifs is 1. The molecule has 0 bridgehead atoms. The van der Waals surface area contributed by atoms with Gasteiger partial charge in [0.2, 0.25) is 12.7 Å². The summed E-state index contributed by atoms with van der Waals surface area (Å²) >= 11 is 0. The number of carbonyl (C=O) groups is 6. The van der Waals surface area contributed by atoms with Gasteiger partial charge in [-0.3, -0.25) is 29.1 Å². The lowest BCUT2D eigenvalue weighted by atomic mass is 9.72. The number of para-hydroxylation sites is 1. The molecular weight excluding hydrogens is 672 g/mol. The van der Waals surface area contributed by atoms with Crippen LogP contribution in [0.3, 0.4) is 0 Å². The van der Waals surface area contributed by atoms with Crippen molar-refractivity contribution in [3.05, 3.63) is 53.1 Å². The number of carbonyl (C=O) groups excluding carboxylic acids is 6. The molecule has 51 heavy (non-hydrogen) atoms. The molecule has 2 atom stereocenters. The third-order valence-electron chi connectivity index (χ3n) is 8.01. The molecule has 1 fully saturated rings. The van der Waals surface area contributed by atoms with E-state index in [1.807, 2.05) is 6.92 Å². The van der Waals surface area contributed by atoms with E-state index in [2.05, 4.69) is 15.6 Å². The van der Waals surface area contributed by atoms with Gasteiger partial charge in [0, 0.05) is 25.7 Å². The molecule has 0 radical (unpaired) electrons. The van der Waals surface area contributed by atoms with Crippen LogP contribution in [-0.2, 0) is 35.1 Å². The monoisotopic (exact) mass is 713 g/mol. The van der Waals surface area contributed by atoms with Gasteiger partial charge in [0.05, 0.1) is 24.2 Å². The Morgan fingerprint density at radius 1 is 1.14 bits per heavy atom. The van der Waals surface area contributed by atoms with Crippen LogP contribution in [0.4, 0.5) is 9.18 Å². The number of amides is 5. The number of benzene rings is 1. The van der Waals surface area contributed by atoms with Gasteiger partial charge in [-0.2, -0.15) is 0 Å². The summed E-state index contributed by atoms with van der Waals surface area (Å²) in [6, 6.07) is 2.47. The van der Waals surface area contributed by atoms with E-state index in [0.717, 1.165) is 12.5 Å². The van der Waals surface area contributed by atoms with E-state index in [1.165, 1.54) is 23.2 Å². The molecule has 0 saturated carbocycles. The molecule has 3 heterocycles. The lowest BCUT2D eigenvalue weighted by molar-refractivity contribution is -0.161. The number of esters is 2. The number of rotatable bonds is 12. The van der Waals surface area contributed by atoms with Crippen molar-refractivity contribution in [1.29, 1.82) is 0 Å². The Morgan fingerprint density at radius 2 is 1.88 bits per heavy atom. The molecule has 2 aliphatic rings. The van der Waals surface area contributed by atoms with Gasteiger partial charge in [0.25, 0.3) is 0 Å². The van der Waals surface area contributed by atoms with E-state index < -0.39 is 78.5 Å². The number of imide groups is 1. The van der Waals surface area contributed by atoms with Crippen molar-refractivity contribution in [3.8, 4) is 11.5 Å². The number of ether oxygens (including phenoxy) is 3. The second-order valence-corrected chi connectivity index (χ2v) is 12.8. The Bertz CT molecular complexity index is 1670. The normalized spacial score (nSPS) is 16.5. The predicted octanol–water partition coefficient (Wildman–Crippen LogP) is 1.68. The number of nitrogens with one attached hydrogen (secondary N) is 2. The quantitative estimate of drug-likeness (QED) is 0.0946. The summed E-state index contributed by atoms with van der Waals surface area (Å²) in [7, 11) is -1.74. The Hall–Kier alpha value is -5.26. The fraction of sp³-hybridized carbons (Fsp3) is 0.485. The van der Waals surface area contributed by atoms with Gasteiger partial charge in [0.15, 0.2) is 11.9 Å². The topological polar surface area (TPSA) is 203 Å². The summed E-state index contributed by atoms with van der Waals surface area (Å²) in [6.45, 7) is 8.30. The van der Waals surface area contributed by atoms with Crippen molar-refractivity contribution < 1.29 is 57.0 Å². The van der Waals surface area contributed by atoms with E-state index in [9.17, 15) is 33.8 Å². The predicted molar refractivity (Wildman–Crippen MR) is 176 cm³/mol. The van der Waals surface area contributed by atoms with Gasteiger partial charge in [-0.05, 0) is 52.2 Å².